The second-order valence-electron chi connectivity index (χ2n) is 4.21. The van der Waals surface area contributed by atoms with Gasteiger partial charge in [-0.05, 0) is 30.7 Å². The van der Waals surface area contributed by atoms with Crippen molar-refractivity contribution in [1.82, 2.24) is 4.98 Å². The van der Waals surface area contributed by atoms with E-state index in [1.54, 1.807) is 25.1 Å². The number of aromatic nitrogens is 1. The van der Waals surface area contributed by atoms with Gasteiger partial charge >= 0.3 is 18.3 Å². The number of rotatable bonds is 3. The molecule has 20 heavy (non-hydrogen) atoms. The van der Waals surface area contributed by atoms with Crippen LogP contribution < -0.4 is 5.32 Å². The van der Waals surface area contributed by atoms with E-state index in [0.717, 1.165) is 5.56 Å². The van der Waals surface area contributed by atoms with Crippen molar-refractivity contribution in [3.05, 3.63) is 36.0 Å². The molecule has 0 bridgehead atoms. The number of fused-ring (bicyclic) bond motifs is 1. The first kappa shape index (κ1) is 14.2. The Morgan fingerprint density at radius 1 is 1.30 bits per heavy atom. The van der Waals surface area contributed by atoms with Gasteiger partial charge in [0.2, 0.25) is 0 Å². The molecule has 1 aromatic carbocycles. The van der Waals surface area contributed by atoms with E-state index < -0.39 is 18.3 Å². The van der Waals surface area contributed by atoms with Crippen molar-refractivity contribution in [3.63, 3.8) is 0 Å². The highest BCUT2D eigenvalue weighted by Crippen LogP contribution is 2.28. The standard InChI is InChI=1S/C13H10F4N2O/c1-7-4-5-9(8-3-2-6-18-10(7)8)19-12(20)13(16,17)11(14)15/h2-6,11H,1H3,(H,19,20). The van der Waals surface area contributed by atoms with Crippen molar-refractivity contribution in [3.8, 4) is 0 Å². The van der Waals surface area contributed by atoms with Gasteiger partial charge in [0.25, 0.3) is 0 Å². The van der Waals surface area contributed by atoms with E-state index in [2.05, 4.69) is 4.98 Å². The first-order valence-corrected chi connectivity index (χ1v) is 5.66. The lowest BCUT2D eigenvalue weighted by Gasteiger charge is -2.16. The lowest BCUT2D eigenvalue weighted by molar-refractivity contribution is -0.163. The van der Waals surface area contributed by atoms with Gasteiger partial charge < -0.3 is 5.32 Å². The number of anilines is 1. The third-order valence-corrected chi connectivity index (χ3v) is 2.80. The number of nitrogens with one attached hydrogen (secondary N) is 1. The van der Waals surface area contributed by atoms with E-state index in [1.807, 2.05) is 5.32 Å². The van der Waals surface area contributed by atoms with Crippen LogP contribution in [0.5, 0.6) is 0 Å². The molecular weight excluding hydrogens is 276 g/mol. The summed E-state index contributed by atoms with van der Waals surface area (Å²) in [6, 6.07) is 6.05. The van der Waals surface area contributed by atoms with E-state index in [1.165, 1.54) is 12.3 Å². The molecule has 0 spiro atoms. The third kappa shape index (κ3) is 2.43. The maximum atomic E-state index is 12.9. The fraction of sp³-hybridized carbons (Fsp3) is 0.231. The molecule has 1 N–H and O–H groups in total. The van der Waals surface area contributed by atoms with Crippen molar-refractivity contribution in [2.24, 2.45) is 0 Å². The van der Waals surface area contributed by atoms with Crippen LogP contribution in [0.25, 0.3) is 10.9 Å². The second kappa shape index (κ2) is 5.07. The number of aryl methyl sites for hydroxylation is 1. The zero-order valence-corrected chi connectivity index (χ0v) is 10.3. The monoisotopic (exact) mass is 286 g/mol. The minimum atomic E-state index is -4.74. The first-order valence-electron chi connectivity index (χ1n) is 5.66. The molecule has 1 aromatic heterocycles. The quantitative estimate of drug-likeness (QED) is 0.879. The van der Waals surface area contributed by atoms with Crippen LogP contribution in [-0.4, -0.2) is 23.2 Å². The summed E-state index contributed by atoms with van der Waals surface area (Å²) < 4.78 is 50.1. The zero-order chi connectivity index (χ0) is 14.9. The predicted octanol–water partition coefficient (Wildman–Crippen LogP) is 3.38. The van der Waals surface area contributed by atoms with E-state index >= 15 is 0 Å². The summed E-state index contributed by atoms with van der Waals surface area (Å²) in [4.78, 5) is 15.3. The van der Waals surface area contributed by atoms with Gasteiger partial charge in [-0.15, -0.1) is 0 Å². The maximum Gasteiger partial charge on any atom is 0.383 e. The van der Waals surface area contributed by atoms with Gasteiger partial charge in [0.15, 0.2) is 0 Å². The molecule has 0 atom stereocenters. The van der Waals surface area contributed by atoms with Crippen LogP contribution in [0.15, 0.2) is 30.5 Å². The molecule has 1 heterocycles. The van der Waals surface area contributed by atoms with Crippen molar-refractivity contribution in [2.45, 2.75) is 19.3 Å². The van der Waals surface area contributed by atoms with Crippen LogP contribution in [0, 0.1) is 6.92 Å². The van der Waals surface area contributed by atoms with Gasteiger partial charge in [-0.3, -0.25) is 9.78 Å². The average molecular weight is 286 g/mol. The fourth-order valence-corrected chi connectivity index (χ4v) is 1.73. The molecular formula is C13H10F4N2O. The molecule has 0 aliphatic rings. The van der Waals surface area contributed by atoms with Crippen molar-refractivity contribution in [2.75, 3.05) is 5.32 Å². The maximum absolute atomic E-state index is 12.9. The highest BCUT2D eigenvalue weighted by Gasteiger charge is 2.49. The number of nitrogens with zero attached hydrogens (tertiary/aromatic N) is 1. The molecule has 3 nitrogen and oxygen atoms in total. The summed E-state index contributed by atoms with van der Waals surface area (Å²) in [5.74, 6) is -6.78. The van der Waals surface area contributed by atoms with Crippen LogP contribution in [0.3, 0.4) is 0 Å². The molecule has 0 fully saturated rings. The van der Waals surface area contributed by atoms with Crippen molar-refractivity contribution in [1.29, 1.82) is 0 Å². The van der Waals surface area contributed by atoms with E-state index in [0.29, 0.717) is 10.9 Å². The molecule has 2 rings (SSSR count). The number of alkyl halides is 4. The minimum absolute atomic E-state index is 0.0176. The Kier molecular flexibility index (Phi) is 3.61. The van der Waals surface area contributed by atoms with Gasteiger partial charge in [0, 0.05) is 11.6 Å². The summed E-state index contributed by atoms with van der Waals surface area (Å²) >= 11 is 0. The number of amides is 1. The van der Waals surface area contributed by atoms with Crippen LogP contribution in [0.1, 0.15) is 5.56 Å². The van der Waals surface area contributed by atoms with E-state index in [4.69, 9.17) is 0 Å². The molecule has 2 aromatic rings. The second-order valence-corrected chi connectivity index (χ2v) is 4.21. The molecule has 7 heteroatoms. The third-order valence-electron chi connectivity index (χ3n) is 2.80. The minimum Gasteiger partial charge on any atom is -0.320 e. The van der Waals surface area contributed by atoms with Gasteiger partial charge in [-0.25, -0.2) is 8.78 Å². The zero-order valence-electron chi connectivity index (χ0n) is 10.3. The van der Waals surface area contributed by atoms with Gasteiger partial charge in [-0.1, -0.05) is 6.07 Å². The molecule has 0 unspecified atom stereocenters. The predicted molar refractivity (Wildman–Crippen MR) is 66.1 cm³/mol. The molecule has 0 saturated carbocycles. The molecule has 0 aliphatic heterocycles. The summed E-state index contributed by atoms with van der Waals surface area (Å²) in [5, 5.41) is 2.23. The van der Waals surface area contributed by atoms with Gasteiger partial charge in [0.05, 0.1) is 11.2 Å². The van der Waals surface area contributed by atoms with Crippen LogP contribution in [0.2, 0.25) is 0 Å². The number of hydrogen-bond acceptors (Lipinski definition) is 2. The number of carbonyl (C=O) groups excluding carboxylic acids is 1. The van der Waals surface area contributed by atoms with E-state index in [9.17, 15) is 22.4 Å². The molecule has 0 radical (unpaired) electrons. The highest BCUT2D eigenvalue weighted by atomic mass is 19.3. The number of halogens is 4. The van der Waals surface area contributed by atoms with Crippen LogP contribution in [0.4, 0.5) is 23.2 Å². The molecule has 106 valence electrons. The Morgan fingerprint density at radius 2 is 2.00 bits per heavy atom. The Bertz CT molecular complexity index is 658. The summed E-state index contributed by atoms with van der Waals surface area (Å²) in [6.45, 7) is 1.76. The number of benzene rings is 1. The molecule has 0 aliphatic carbocycles. The highest BCUT2D eigenvalue weighted by molar-refractivity contribution is 6.04. The Hall–Kier alpha value is -2.18. The summed E-state index contributed by atoms with van der Waals surface area (Å²) in [7, 11) is 0. The SMILES string of the molecule is Cc1ccc(NC(=O)C(F)(F)C(F)F)c2cccnc12. The number of hydrogen-bond donors (Lipinski definition) is 1. The van der Waals surface area contributed by atoms with Crippen molar-refractivity contribution >= 4 is 22.5 Å². The summed E-state index contributed by atoms with van der Waals surface area (Å²) in [6.07, 6.45) is -2.55. The lowest BCUT2D eigenvalue weighted by Crippen LogP contribution is -2.41. The van der Waals surface area contributed by atoms with Crippen molar-refractivity contribution < 1.29 is 22.4 Å². The number of pyridine rings is 1. The Morgan fingerprint density at radius 3 is 2.65 bits per heavy atom. The van der Waals surface area contributed by atoms with Gasteiger partial charge in [-0.2, -0.15) is 8.78 Å². The molecule has 1 amide bonds. The smallest absolute Gasteiger partial charge is 0.320 e. The fourth-order valence-electron chi connectivity index (χ4n) is 1.73. The van der Waals surface area contributed by atoms with Crippen LogP contribution >= 0.6 is 0 Å². The van der Waals surface area contributed by atoms with Crippen LogP contribution in [-0.2, 0) is 4.79 Å². The largest absolute Gasteiger partial charge is 0.383 e. The summed E-state index contributed by atoms with van der Waals surface area (Å²) in [5.41, 5.74) is 1.30. The normalized spacial score (nSPS) is 11.9. The average Bonchev–Trinajstić information content (AvgIpc) is 2.42. The topological polar surface area (TPSA) is 42.0 Å². The van der Waals surface area contributed by atoms with E-state index in [-0.39, 0.29) is 5.69 Å². The van der Waals surface area contributed by atoms with Gasteiger partial charge in [0.1, 0.15) is 0 Å². The first-order chi connectivity index (χ1) is 9.34. The Balaban J connectivity index is 2.41. The lowest BCUT2D eigenvalue weighted by atomic mass is 10.1. The molecule has 0 saturated heterocycles. The Labute approximate surface area is 111 Å². The number of carbonyl (C=O) groups is 1.